The lowest BCUT2D eigenvalue weighted by Gasteiger charge is -2.34. The van der Waals surface area contributed by atoms with Crippen molar-refractivity contribution in [2.45, 2.75) is 72.4 Å². The summed E-state index contributed by atoms with van der Waals surface area (Å²) in [7, 11) is 0. The fourth-order valence-corrected chi connectivity index (χ4v) is 3.89. The summed E-state index contributed by atoms with van der Waals surface area (Å²) < 4.78 is 0. The van der Waals surface area contributed by atoms with Gasteiger partial charge in [-0.1, -0.05) is 25.9 Å². The number of carboxylic acids is 2. The van der Waals surface area contributed by atoms with Crippen LogP contribution >= 0.6 is 0 Å². The van der Waals surface area contributed by atoms with E-state index < -0.39 is 18.0 Å². The molecule has 8 nitrogen and oxygen atoms in total. The largest absolute Gasteiger partial charge is 0.545 e. The Morgan fingerprint density at radius 2 is 1.83 bits per heavy atom. The van der Waals surface area contributed by atoms with E-state index in [4.69, 9.17) is 4.84 Å². The number of oxime groups is 1. The van der Waals surface area contributed by atoms with Crippen molar-refractivity contribution >= 4 is 17.7 Å². The summed E-state index contributed by atoms with van der Waals surface area (Å²) in [6, 6.07) is 0. The smallest absolute Gasteiger partial charge is 0.144 e. The first-order valence-corrected chi connectivity index (χ1v) is 9.91. The van der Waals surface area contributed by atoms with Gasteiger partial charge in [0.05, 0.1) is 17.7 Å². The Balaban J connectivity index is 0.000000447. The number of rotatable bonds is 7. The Morgan fingerprint density at radius 3 is 2.21 bits per heavy atom. The second kappa shape index (κ2) is 9.71. The molecule has 0 spiro atoms. The molecule has 166 valence electrons. The number of carbonyl (C=O) groups excluding carboxylic acids is 2. The molecule has 2 bridgehead atoms. The normalized spacial score (nSPS) is 27.6. The number of hydrogen-bond donors (Lipinski definition) is 2. The highest BCUT2D eigenvalue weighted by atomic mass is 16.6. The van der Waals surface area contributed by atoms with Crippen LogP contribution in [0.2, 0.25) is 0 Å². The fourth-order valence-electron chi connectivity index (χ4n) is 3.89. The molecule has 8 heteroatoms. The van der Waals surface area contributed by atoms with Crippen molar-refractivity contribution in [1.29, 1.82) is 0 Å². The van der Waals surface area contributed by atoms with E-state index in [1.165, 1.54) is 18.6 Å². The predicted octanol–water partition coefficient (Wildman–Crippen LogP) is -0.00340. The van der Waals surface area contributed by atoms with Gasteiger partial charge in [0.1, 0.15) is 12.7 Å². The second-order valence-corrected chi connectivity index (χ2v) is 9.58. The third kappa shape index (κ3) is 7.12. The molecule has 3 atom stereocenters. The number of aliphatic hydroxyl groups is 1. The molecule has 0 aromatic carbocycles. The lowest BCUT2D eigenvalue weighted by atomic mass is 9.70. The van der Waals surface area contributed by atoms with Crippen molar-refractivity contribution in [2.24, 2.45) is 21.9 Å². The molecule has 0 aromatic heterocycles. The van der Waals surface area contributed by atoms with E-state index in [0.717, 1.165) is 12.3 Å². The van der Waals surface area contributed by atoms with Gasteiger partial charge in [-0.25, -0.2) is 0 Å². The van der Waals surface area contributed by atoms with E-state index in [9.17, 15) is 24.9 Å². The highest BCUT2D eigenvalue weighted by Crippen LogP contribution is 2.63. The summed E-state index contributed by atoms with van der Waals surface area (Å²) in [6.07, 6.45) is 3.82. The highest BCUT2D eigenvalue weighted by molar-refractivity contribution is 5.93. The minimum atomic E-state index is -1.55. The van der Waals surface area contributed by atoms with Gasteiger partial charge >= 0.3 is 0 Å². The number of aliphatic carboxylic acids is 2. The van der Waals surface area contributed by atoms with Gasteiger partial charge in [0, 0.05) is 17.5 Å². The van der Waals surface area contributed by atoms with Crippen LogP contribution in [0.4, 0.5) is 0 Å². The number of aliphatic hydroxyl groups excluding tert-OH is 1. The molecule has 2 rings (SSSR count). The van der Waals surface area contributed by atoms with E-state index in [1.807, 2.05) is 0 Å². The maximum absolute atomic E-state index is 9.93. The van der Waals surface area contributed by atoms with Crippen LogP contribution < -0.4 is 15.5 Å². The van der Waals surface area contributed by atoms with Crippen LogP contribution in [0.15, 0.2) is 17.3 Å². The maximum atomic E-state index is 9.93. The number of carboxylic acid groups (broad SMARTS) is 2. The Bertz CT molecular complexity index is 634. The molecule has 0 amide bonds. The Morgan fingerprint density at radius 1 is 1.28 bits per heavy atom. The number of carbonyl (C=O) groups is 2. The molecule has 0 heterocycles. The standard InChI is InChI=1S/C17H32N2O2.C4H4O4/c1-15(2,3)18-10-13(20)11-21-19-14-9-12-7-8-17(14,6)16(12,4)5;5-3(6)1-2-4(7)8/h12-13,18,20H,7-11H2,1-6H3;1-2H,(H,5,6)(H,7,8)/p-2/b19-14+;2-1-. The van der Waals surface area contributed by atoms with Crippen molar-refractivity contribution in [3.63, 3.8) is 0 Å². The molecule has 2 saturated carbocycles. The molecule has 0 aromatic rings. The summed E-state index contributed by atoms with van der Waals surface area (Å²) >= 11 is 0. The minimum absolute atomic E-state index is 0.00891. The van der Waals surface area contributed by atoms with Gasteiger partial charge in [-0.3, -0.25) is 0 Å². The quantitative estimate of drug-likeness (QED) is 0.445. The van der Waals surface area contributed by atoms with Gasteiger partial charge < -0.3 is 35.1 Å². The maximum Gasteiger partial charge on any atom is 0.144 e. The summed E-state index contributed by atoms with van der Waals surface area (Å²) in [6.45, 7) is 14.1. The molecule has 2 fully saturated rings. The third-order valence-corrected chi connectivity index (χ3v) is 6.18. The fraction of sp³-hybridized carbons (Fsp3) is 0.762. The molecular weight excluding hydrogens is 376 g/mol. The molecule has 0 saturated heterocycles. The number of β-amino-alcohol motifs (C(OH)–C–C–N with tert-alkyl or cyclic N) is 1. The van der Waals surface area contributed by atoms with E-state index in [1.54, 1.807) is 0 Å². The Labute approximate surface area is 173 Å². The summed E-state index contributed by atoms with van der Waals surface area (Å²) in [5.41, 5.74) is 1.70. The molecule has 2 aliphatic carbocycles. The van der Waals surface area contributed by atoms with E-state index in [2.05, 4.69) is 52.0 Å². The third-order valence-electron chi connectivity index (χ3n) is 6.18. The van der Waals surface area contributed by atoms with Crippen LogP contribution in [0.1, 0.15) is 60.8 Å². The SMILES string of the molecule is CC(C)(C)NCC(O)CO/N=C1\CC2CCC1(C)C2(C)C.O=C([O-])/C=C\C(=O)[O-]. The minimum Gasteiger partial charge on any atom is -0.545 e. The van der Waals surface area contributed by atoms with Gasteiger partial charge in [-0.15, -0.1) is 0 Å². The molecule has 0 aliphatic heterocycles. The van der Waals surface area contributed by atoms with Crippen LogP contribution in [-0.2, 0) is 14.4 Å². The second-order valence-electron chi connectivity index (χ2n) is 9.58. The molecule has 29 heavy (non-hydrogen) atoms. The average molecular weight is 411 g/mol. The number of nitrogens with zero attached hydrogens (tertiary/aromatic N) is 1. The molecule has 2 aliphatic rings. The van der Waals surface area contributed by atoms with Gasteiger partial charge in [0.2, 0.25) is 0 Å². The Kier molecular flexibility index (Phi) is 8.41. The molecule has 3 unspecified atom stereocenters. The van der Waals surface area contributed by atoms with Crippen LogP contribution in [0.25, 0.3) is 0 Å². The predicted molar refractivity (Wildman–Crippen MR) is 106 cm³/mol. The van der Waals surface area contributed by atoms with Crippen molar-refractivity contribution in [1.82, 2.24) is 5.32 Å². The van der Waals surface area contributed by atoms with E-state index in [-0.39, 0.29) is 17.6 Å². The van der Waals surface area contributed by atoms with E-state index in [0.29, 0.717) is 24.1 Å². The van der Waals surface area contributed by atoms with E-state index >= 15 is 0 Å². The molecule has 0 radical (unpaired) electrons. The Hall–Kier alpha value is -1.93. The molecule has 2 N–H and O–H groups in total. The number of fused-ring (bicyclic) bond motifs is 2. The highest BCUT2D eigenvalue weighted by Gasteiger charge is 2.60. The van der Waals surface area contributed by atoms with Crippen LogP contribution in [0, 0.1) is 16.7 Å². The number of hydrogen-bond acceptors (Lipinski definition) is 8. The van der Waals surface area contributed by atoms with Gasteiger partial charge in [0.25, 0.3) is 0 Å². The lowest BCUT2D eigenvalue weighted by Crippen LogP contribution is -2.42. The van der Waals surface area contributed by atoms with Crippen LogP contribution in [0.3, 0.4) is 0 Å². The monoisotopic (exact) mass is 410 g/mol. The van der Waals surface area contributed by atoms with Crippen LogP contribution in [0.5, 0.6) is 0 Å². The van der Waals surface area contributed by atoms with Gasteiger partial charge in [-0.05, 0) is 63.5 Å². The van der Waals surface area contributed by atoms with Crippen molar-refractivity contribution in [3.05, 3.63) is 12.2 Å². The summed E-state index contributed by atoms with van der Waals surface area (Å²) in [5.74, 6) is -2.36. The van der Waals surface area contributed by atoms with Gasteiger partial charge in [0.15, 0.2) is 0 Å². The topological polar surface area (TPSA) is 134 Å². The first-order valence-electron chi connectivity index (χ1n) is 9.91. The zero-order valence-electron chi connectivity index (χ0n) is 18.3. The molecular formula is C21H34N2O6-2. The van der Waals surface area contributed by atoms with Crippen molar-refractivity contribution < 1.29 is 29.7 Å². The number of nitrogens with one attached hydrogen (secondary N) is 1. The van der Waals surface area contributed by atoms with Crippen LogP contribution in [-0.4, -0.2) is 47.6 Å². The zero-order chi connectivity index (χ0) is 22.5. The lowest BCUT2D eigenvalue weighted by molar-refractivity contribution is -0.301. The average Bonchev–Trinajstić information content (AvgIpc) is 2.91. The van der Waals surface area contributed by atoms with Crippen molar-refractivity contribution in [3.8, 4) is 0 Å². The zero-order valence-corrected chi connectivity index (χ0v) is 18.3. The van der Waals surface area contributed by atoms with Crippen molar-refractivity contribution in [2.75, 3.05) is 13.2 Å². The van der Waals surface area contributed by atoms with Gasteiger partial charge in [-0.2, -0.15) is 0 Å². The first-order chi connectivity index (χ1) is 13.2. The summed E-state index contributed by atoms with van der Waals surface area (Å²) in [4.78, 5) is 24.3. The summed E-state index contributed by atoms with van der Waals surface area (Å²) in [5, 5.41) is 36.4. The first kappa shape index (κ1) is 25.1.